The fourth-order valence-corrected chi connectivity index (χ4v) is 2.74. The molecule has 1 heterocycles. The van der Waals surface area contributed by atoms with E-state index in [1.54, 1.807) is 14.2 Å². The van der Waals surface area contributed by atoms with E-state index in [1.165, 1.54) is 0 Å². The molecule has 0 spiro atoms. The molecule has 0 saturated heterocycles. The number of fused-ring (bicyclic) bond motifs is 1. The van der Waals surface area contributed by atoms with Crippen molar-refractivity contribution in [3.8, 4) is 11.5 Å². The molecule has 4 nitrogen and oxygen atoms in total. The first kappa shape index (κ1) is 15.2. The maximum absolute atomic E-state index is 12.0. The average Bonchev–Trinajstić information content (AvgIpc) is 2.73. The first-order valence-corrected chi connectivity index (χ1v) is 7.53. The molecule has 1 aliphatic rings. The number of hydrogen-bond donors (Lipinski definition) is 1. The smallest absolute Gasteiger partial charge is 0.224 e. The number of ether oxygens (including phenoxy) is 2. The molecule has 1 amide bonds. The number of hydrogen-bond acceptors (Lipinski definition) is 3. The van der Waals surface area contributed by atoms with E-state index in [2.05, 4.69) is 5.32 Å². The molecule has 0 radical (unpaired) electrons. The van der Waals surface area contributed by atoms with E-state index >= 15 is 0 Å². The molecule has 0 atom stereocenters. The number of carbonyl (C=O) groups excluding carboxylic acids is 1. The maximum atomic E-state index is 12.0. The molecule has 23 heavy (non-hydrogen) atoms. The Morgan fingerprint density at radius 1 is 1.00 bits per heavy atom. The third kappa shape index (κ3) is 3.21. The van der Waals surface area contributed by atoms with Crippen LogP contribution in [0.25, 0.3) is 11.8 Å². The fourth-order valence-electron chi connectivity index (χ4n) is 2.74. The quantitative estimate of drug-likeness (QED) is 0.946. The van der Waals surface area contributed by atoms with Crippen LogP contribution in [0.5, 0.6) is 11.5 Å². The highest BCUT2D eigenvalue weighted by molar-refractivity contribution is 5.95. The first-order chi connectivity index (χ1) is 11.2. The summed E-state index contributed by atoms with van der Waals surface area (Å²) in [5.41, 5.74) is 3.86. The van der Waals surface area contributed by atoms with E-state index in [4.69, 9.17) is 9.47 Å². The molecule has 2 aromatic carbocycles. The van der Waals surface area contributed by atoms with Gasteiger partial charge in [-0.2, -0.15) is 0 Å². The minimum absolute atomic E-state index is 0.0151. The number of methoxy groups -OCH3 is 2. The molecule has 0 aromatic heterocycles. The van der Waals surface area contributed by atoms with Crippen molar-refractivity contribution < 1.29 is 14.3 Å². The standard InChI is InChI=1S/C19H19NO3/c1-22-17-11-14-8-9-19(21)20-16(15(14)12-18(17)23-2)10-13-6-4-3-5-7-13/h3-7,10-12H,8-9H2,1-2H3,(H,20,21)/b16-10+. The van der Waals surface area contributed by atoms with Crippen LogP contribution in [0, 0.1) is 0 Å². The minimum Gasteiger partial charge on any atom is -0.493 e. The van der Waals surface area contributed by atoms with Gasteiger partial charge < -0.3 is 14.8 Å². The Labute approximate surface area is 135 Å². The summed E-state index contributed by atoms with van der Waals surface area (Å²) in [7, 11) is 3.23. The number of nitrogens with one attached hydrogen (secondary N) is 1. The molecular weight excluding hydrogens is 290 g/mol. The van der Waals surface area contributed by atoms with Crippen LogP contribution in [0.1, 0.15) is 23.1 Å². The Morgan fingerprint density at radius 2 is 1.70 bits per heavy atom. The van der Waals surface area contributed by atoms with Gasteiger partial charge in [-0.3, -0.25) is 4.79 Å². The fraction of sp³-hybridized carbons (Fsp3) is 0.211. The van der Waals surface area contributed by atoms with Crippen molar-refractivity contribution in [2.75, 3.05) is 14.2 Å². The van der Waals surface area contributed by atoms with Gasteiger partial charge in [-0.1, -0.05) is 30.3 Å². The molecule has 1 aliphatic heterocycles. The van der Waals surface area contributed by atoms with Crippen molar-refractivity contribution in [2.45, 2.75) is 12.8 Å². The maximum Gasteiger partial charge on any atom is 0.224 e. The van der Waals surface area contributed by atoms with Crippen molar-refractivity contribution >= 4 is 17.7 Å². The summed E-state index contributed by atoms with van der Waals surface area (Å²) < 4.78 is 10.8. The summed E-state index contributed by atoms with van der Waals surface area (Å²) >= 11 is 0. The van der Waals surface area contributed by atoms with Crippen molar-refractivity contribution in [1.82, 2.24) is 5.32 Å². The molecule has 0 saturated carbocycles. The second-order valence-electron chi connectivity index (χ2n) is 5.38. The number of amides is 1. The molecule has 4 heteroatoms. The van der Waals surface area contributed by atoms with Gasteiger partial charge in [-0.25, -0.2) is 0 Å². The molecule has 3 rings (SSSR count). The van der Waals surface area contributed by atoms with Crippen LogP contribution < -0.4 is 14.8 Å². The summed E-state index contributed by atoms with van der Waals surface area (Å²) in [5, 5.41) is 3.00. The van der Waals surface area contributed by atoms with Gasteiger partial charge >= 0.3 is 0 Å². The molecule has 1 N–H and O–H groups in total. The highest BCUT2D eigenvalue weighted by Gasteiger charge is 2.20. The molecule has 118 valence electrons. The lowest BCUT2D eigenvalue weighted by Gasteiger charge is -2.14. The van der Waals surface area contributed by atoms with Gasteiger partial charge in [0, 0.05) is 17.7 Å². The van der Waals surface area contributed by atoms with Crippen LogP contribution in [-0.2, 0) is 11.2 Å². The monoisotopic (exact) mass is 309 g/mol. The number of aryl methyl sites for hydroxylation is 1. The summed E-state index contributed by atoms with van der Waals surface area (Å²) in [6, 6.07) is 13.8. The summed E-state index contributed by atoms with van der Waals surface area (Å²) in [6.07, 6.45) is 3.11. The van der Waals surface area contributed by atoms with E-state index in [0.29, 0.717) is 24.3 Å². The number of benzene rings is 2. The van der Waals surface area contributed by atoms with E-state index in [0.717, 1.165) is 22.4 Å². The van der Waals surface area contributed by atoms with E-state index in [1.807, 2.05) is 48.5 Å². The van der Waals surface area contributed by atoms with Crippen molar-refractivity contribution in [3.63, 3.8) is 0 Å². The van der Waals surface area contributed by atoms with Gasteiger partial charge in [-0.05, 0) is 35.8 Å². The normalized spacial score (nSPS) is 15.6. The molecule has 0 unspecified atom stereocenters. The van der Waals surface area contributed by atoms with Crippen LogP contribution in [-0.4, -0.2) is 20.1 Å². The molecule has 0 aliphatic carbocycles. The lowest BCUT2D eigenvalue weighted by molar-refractivity contribution is -0.119. The Balaban J connectivity index is 2.14. The van der Waals surface area contributed by atoms with Crippen LogP contribution in [0.4, 0.5) is 0 Å². The second-order valence-corrected chi connectivity index (χ2v) is 5.38. The Kier molecular flexibility index (Phi) is 4.33. The predicted octanol–water partition coefficient (Wildman–Crippen LogP) is 3.26. The highest BCUT2D eigenvalue weighted by Crippen LogP contribution is 2.35. The van der Waals surface area contributed by atoms with Crippen LogP contribution in [0.15, 0.2) is 42.5 Å². The topological polar surface area (TPSA) is 47.6 Å². The zero-order valence-corrected chi connectivity index (χ0v) is 13.3. The van der Waals surface area contributed by atoms with E-state index < -0.39 is 0 Å². The van der Waals surface area contributed by atoms with Gasteiger partial charge in [0.1, 0.15) is 0 Å². The Morgan fingerprint density at radius 3 is 2.39 bits per heavy atom. The summed E-state index contributed by atoms with van der Waals surface area (Å²) in [5.74, 6) is 1.35. The number of carbonyl (C=O) groups is 1. The second kappa shape index (κ2) is 6.57. The van der Waals surface area contributed by atoms with Gasteiger partial charge in [0.05, 0.1) is 14.2 Å². The SMILES string of the molecule is COc1cc2c(cc1OC)/C(=C\c1ccccc1)NC(=O)CC2. The molecule has 0 fully saturated rings. The third-order valence-electron chi connectivity index (χ3n) is 3.91. The lowest BCUT2D eigenvalue weighted by atomic mass is 9.99. The number of rotatable bonds is 3. The van der Waals surface area contributed by atoms with Gasteiger partial charge in [0.2, 0.25) is 5.91 Å². The van der Waals surface area contributed by atoms with Crippen molar-refractivity contribution in [2.24, 2.45) is 0 Å². The van der Waals surface area contributed by atoms with Gasteiger partial charge in [-0.15, -0.1) is 0 Å². The van der Waals surface area contributed by atoms with Crippen LogP contribution in [0.2, 0.25) is 0 Å². The van der Waals surface area contributed by atoms with Crippen molar-refractivity contribution in [1.29, 1.82) is 0 Å². The Bertz CT molecular complexity index is 751. The lowest BCUT2D eigenvalue weighted by Crippen LogP contribution is -2.19. The Hall–Kier alpha value is -2.75. The zero-order chi connectivity index (χ0) is 16.2. The van der Waals surface area contributed by atoms with Crippen LogP contribution in [0.3, 0.4) is 0 Å². The van der Waals surface area contributed by atoms with E-state index in [9.17, 15) is 4.79 Å². The third-order valence-corrected chi connectivity index (χ3v) is 3.91. The highest BCUT2D eigenvalue weighted by atomic mass is 16.5. The van der Waals surface area contributed by atoms with Crippen molar-refractivity contribution in [3.05, 3.63) is 59.2 Å². The zero-order valence-electron chi connectivity index (χ0n) is 13.3. The summed E-state index contributed by atoms with van der Waals surface area (Å²) in [6.45, 7) is 0. The summed E-state index contributed by atoms with van der Waals surface area (Å²) in [4.78, 5) is 12.0. The predicted molar refractivity (Wildman–Crippen MR) is 90.3 cm³/mol. The van der Waals surface area contributed by atoms with Gasteiger partial charge in [0.15, 0.2) is 11.5 Å². The molecule has 0 bridgehead atoms. The first-order valence-electron chi connectivity index (χ1n) is 7.53. The van der Waals surface area contributed by atoms with Gasteiger partial charge in [0.25, 0.3) is 0 Å². The molecule has 2 aromatic rings. The van der Waals surface area contributed by atoms with E-state index in [-0.39, 0.29) is 5.91 Å². The average molecular weight is 309 g/mol. The largest absolute Gasteiger partial charge is 0.493 e. The molecular formula is C19H19NO3. The van der Waals surface area contributed by atoms with Crippen LogP contribution >= 0.6 is 0 Å². The minimum atomic E-state index is 0.0151.